The quantitative estimate of drug-likeness (QED) is 0.729. The van der Waals surface area contributed by atoms with Crippen LogP contribution in [0.25, 0.3) is 0 Å². The average molecular weight is 211 g/mol. The number of hydrogen-bond acceptors (Lipinski definition) is 2. The Balaban J connectivity index is 1.74. The normalized spacial score (nSPS) is 32.9. The lowest BCUT2D eigenvalue weighted by Gasteiger charge is -2.27. The Morgan fingerprint density at radius 3 is 2.20 bits per heavy atom. The van der Waals surface area contributed by atoms with E-state index in [9.17, 15) is 9.90 Å². The zero-order chi connectivity index (χ0) is 10.7. The topological polar surface area (TPSA) is 49.3 Å². The average Bonchev–Trinajstić information content (AvgIpc) is 2.74. The highest BCUT2D eigenvalue weighted by Gasteiger charge is 2.26. The fourth-order valence-electron chi connectivity index (χ4n) is 2.73. The molecule has 2 N–H and O–H groups in total. The summed E-state index contributed by atoms with van der Waals surface area (Å²) >= 11 is 0. The largest absolute Gasteiger partial charge is 0.393 e. The van der Waals surface area contributed by atoms with Crippen LogP contribution in [0.5, 0.6) is 0 Å². The van der Waals surface area contributed by atoms with E-state index in [1.54, 1.807) is 0 Å². The first-order chi connectivity index (χ1) is 7.25. The van der Waals surface area contributed by atoms with Gasteiger partial charge in [-0.3, -0.25) is 4.79 Å². The van der Waals surface area contributed by atoms with Crippen molar-refractivity contribution in [1.29, 1.82) is 0 Å². The summed E-state index contributed by atoms with van der Waals surface area (Å²) in [6, 6.07) is 0.321. The Bertz CT molecular complexity index is 216. The molecule has 0 aromatic carbocycles. The monoisotopic (exact) mass is 211 g/mol. The molecule has 3 heteroatoms. The van der Waals surface area contributed by atoms with Crippen LogP contribution in [-0.2, 0) is 4.79 Å². The first-order valence-corrected chi connectivity index (χ1v) is 6.24. The molecule has 0 heterocycles. The smallest absolute Gasteiger partial charge is 0.223 e. The molecule has 2 fully saturated rings. The second-order valence-corrected chi connectivity index (χ2v) is 5.00. The Labute approximate surface area is 91.2 Å². The maximum Gasteiger partial charge on any atom is 0.223 e. The molecule has 2 aliphatic rings. The SMILES string of the molecule is O=C(NC1CCC(O)CC1)C1CCCC1. The van der Waals surface area contributed by atoms with Crippen LogP contribution < -0.4 is 5.32 Å². The molecule has 0 unspecified atom stereocenters. The van der Waals surface area contributed by atoms with Gasteiger partial charge in [0, 0.05) is 12.0 Å². The Kier molecular flexibility index (Phi) is 3.62. The number of aliphatic hydroxyl groups is 1. The van der Waals surface area contributed by atoms with Gasteiger partial charge in [0.1, 0.15) is 0 Å². The third-order valence-corrected chi connectivity index (χ3v) is 3.77. The van der Waals surface area contributed by atoms with Crippen molar-refractivity contribution in [2.24, 2.45) is 5.92 Å². The second-order valence-electron chi connectivity index (χ2n) is 5.00. The molecule has 15 heavy (non-hydrogen) atoms. The van der Waals surface area contributed by atoms with Crippen molar-refractivity contribution in [3.05, 3.63) is 0 Å². The molecule has 0 aromatic heterocycles. The molecular weight excluding hydrogens is 190 g/mol. The van der Waals surface area contributed by atoms with Crippen molar-refractivity contribution < 1.29 is 9.90 Å². The van der Waals surface area contributed by atoms with E-state index in [0.29, 0.717) is 6.04 Å². The van der Waals surface area contributed by atoms with E-state index in [0.717, 1.165) is 38.5 Å². The van der Waals surface area contributed by atoms with Crippen LogP contribution in [0.1, 0.15) is 51.4 Å². The Hall–Kier alpha value is -0.570. The summed E-state index contributed by atoms with van der Waals surface area (Å²) in [5.41, 5.74) is 0. The molecule has 0 atom stereocenters. The number of nitrogens with one attached hydrogen (secondary N) is 1. The third-order valence-electron chi connectivity index (χ3n) is 3.77. The summed E-state index contributed by atoms with van der Waals surface area (Å²) in [7, 11) is 0. The molecule has 3 nitrogen and oxygen atoms in total. The summed E-state index contributed by atoms with van der Waals surface area (Å²) < 4.78 is 0. The summed E-state index contributed by atoms with van der Waals surface area (Å²) in [5.74, 6) is 0.533. The number of carbonyl (C=O) groups excluding carboxylic acids is 1. The van der Waals surface area contributed by atoms with Gasteiger partial charge in [0.2, 0.25) is 5.91 Å². The zero-order valence-electron chi connectivity index (χ0n) is 9.24. The maximum atomic E-state index is 11.8. The van der Waals surface area contributed by atoms with Gasteiger partial charge >= 0.3 is 0 Å². The highest BCUT2D eigenvalue weighted by molar-refractivity contribution is 5.79. The van der Waals surface area contributed by atoms with Crippen molar-refractivity contribution in [2.75, 3.05) is 0 Å². The second kappa shape index (κ2) is 4.97. The number of rotatable bonds is 2. The summed E-state index contributed by atoms with van der Waals surface area (Å²) in [6.45, 7) is 0. The Morgan fingerprint density at radius 2 is 1.60 bits per heavy atom. The fourth-order valence-corrected chi connectivity index (χ4v) is 2.73. The van der Waals surface area contributed by atoms with E-state index in [-0.39, 0.29) is 17.9 Å². The standard InChI is InChI=1S/C12H21NO2/c14-11-7-5-10(6-8-11)13-12(15)9-3-1-2-4-9/h9-11,14H,1-8H2,(H,13,15). The van der Waals surface area contributed by atoms with Crippen LogP contribution in [0, 0.1) is 5.92 Å². The zero-order valence-corrected chi connectivity index (χ0v) is 9.24. The van der Waals surface area contributed by atoms with Crippen LogP contribution in [0.3, 0.4) is 0 Å². The van der Waals surface area contributed by atoms with E-state index < -0.39 is 0 Å². The van der Waals surface area contributed by atoms with Gasteiger partial charge in [-0.25, -0.2) is 0 Å². The molecule has 0 aliphatic heterocycles. The van der Waals surface area contributed by atoms with Gasteiger partial charge in [-0.15, -0.1) is 0 Å². The first kappa shape index (κ1) is 10.9. The first-order valence-electron chi connectivity index (χ1n) is 6.24. The van der Waals surface area contributed by atoms with E-state index in [2.05, 4.69) is 5.32 Å². The number of amides is 1. The predicted molar refractivity (Wildman–Crippen MR) is 58.4 cm³/mol. The Morgan fingerprint density at radius 1 is 1.00 bits per heavy atom. The molecule has 0 spiro atoms. The van der Waals surface area contributed by atoms with Crippen LogP contribution in [0.2, 0.25) is 0 Å². The lowest BCUT2D eigenvalue weighted by molar-refractivity contribution is -0.125. The van der Waals surface area contributed by atoms with Gasteiger partial charge in [-0.05, 0) is 38.5 Å². The van der Waals surface area contributed by atoms with Crippen molar-refractivity contribution in [3.63, 3.8) is 0 Å². The number of hydrogen-bond donors (Lipinski definition) is 2. The fraction of sp³-hybridized carbons (Fsp3) is 0.917. The molecule has 2 aliphatic carbocycles. The van der Waals surface area contributed by atoms with Gasteiger partial charge < -0.3 is 10.4 Å². The van der Waals surface area contributed by atoms with Gasteiger partial charge in [0.05, 0.1) is 6.10 Å². The molecule has 0 bridgehead atoms. The van der Waals surface area contributed by atoms with Crippen molar-refractivity contribution in [3.8, 4) is 0 Å². The molecule has 1 amide bonds. The minimum absolute atomic E-state index is 0.135. The van der Waals surface area contributed by atoms with Gasteiger partial charge in [0.15, 0.2) is 0 Å². The minimum Gasteiger partial charge on any atom is -0.393 e. The third kappa shape index (κ3) is 2.94. The van der Waals surface area contributed by atoms with Crippen molar-refractivity contribution in [1.82, 2.24) is 5.32 Å². The van der Waals surface area contributed by atoms with Crippen molar-refractivity contribution >= 4 is 5.91 Å². The van der Waals surface area contributed by atoms with E-state index in [1.165, 1.54) is 12.8 Å². The highest BCUT2D eigenvalue weighted by Crippen LogP contribution is 2.26. The predicted octanol–water partition coefficient (Wildman–Crippen LogP) is 1.60. The lowest BCUT2D eigenvalue weighted by atomic mass is 9.92. The lowest BCUT2D eigenvalue weighted by Crippen LogP contribution is -2.41. The van der Waals surface area contributed by atoms with Gasteiger partial charge in [0.25, 0.3) is 0 Å². The van der Waals surface area contributed by atoms with E-state index in [1.807, 2.05) is 0 Å². The molecule has 0 radical (unpaired) electrons. The van der Waals surface area contributed by atoms with Crippen LogP contribution >= 0.6 is 0 Å². The maximum absolute atomic E-state index is 11.8. The van der Waals surface area contributed by atoms with Crippen molar-refractivity contribution in [2.45, 2.75) is 63.5 Å². The molecule has 2 saturated carbocycles. The number of aliphatic hydroxyl groups excluding tert-OH is 1. The molecule has 0 saturated heterocycles. The van der Waals surface area contributed by atoms with E-state index in [4.69, 9.17) is 0 Å². The molecule has 2 rings (SSSR count). The van der Waals surface area contributed by atoms with E-state index >= 15 is 0 Å². The summed E-state index contributed by atoms with van der Waals surface area (Å²) in [4.78, 5) is 11.8. The molecule has 0 aromatic rings. The van der Waals surface area contributed by atoms with Gasteiger partial charge in [-0.1, -0.05) is 12.8 Å². The summed E-state index contributed by atoms with van der Waals surface area (Å²) in [6.07, 6.45) is 8.00. The van der Waals surface area contributed by atoms with Crippen LogP contribution in [0.4, 0.5) is 0 Å². The van der Waals surface area contributed by atoms with Crippen LogP contribution in [-0.4, -0.2) is 23.2 Å². The van der Waals surface area contributed by atoms with Gasteiger partial charge in [-0.2, -0.15) is 0 Å². The minimum atomic E-state index is -0.135. The molecular formula is C12H21NO2. The number of carbonyl (C=O) groups is 1. The highest BCUT2D eigenvalue weighted by atomic mass is 16.3. The molecule has 86 valence electrons. The van der Waals surface area contributed by atoms with Crippen LogP contribution in [0.15, 0.2) is 0 Å². The summed E-state index contributed by atoms with van der Waals surface area (Å²) in [5, 5.41) is 12.5.